The molecule has 0 amide bonds. The monoisotopic (exact) mass is 251 g/mol. The number of nitrogens with zero attached hydrogens (tertiary/aromatic N) is 1. The molecule has 0 bridgehead atoms. The van der Waals surface area contributed by atoms with Gasteiger partial charge in [0.05, 0.1) is 0 Å². The molecule has 0 aliphatic carbocycles. The van der Waals surface area contributed by atoms with Crippen LogP contribution in [0, 0.1) is 0 Å². The zero-order chi connectivity index (χ0) is 11.5. The van der Waals surface area contributed by atoms with E-state index < -0.39 is 0 Å². The Hall–Kier alpha value is 0.236. The normalized spacial score (nSPS) is 9.12. The molecule has 0 aliphatic heterocycles. The zero-order valence-electron chi connectivity index (χ0n) is 10.7. The Balaban J connectivity index is 0. The van der Waals surface area contributed by atoms with Gasteiger partial charge in [0.25, 0.3) is 0 Å². The molecule has 0 spiro atoms. The van der Waals surface area contributed by atoms with Gasteiger partial charge >= 0.3 is 62.2 Å². The Morgan fingerprint density at radius 3 is 1.56 bits per heavy atom. The van der Waals surface area contributed by atoms with Gasteiger partial charge in [-0.3, -0.25) is 0 Å². The molecule has 0 fully saturated rings. The van der Waals surface area contributed by atoms with Crippen LogP contribution in [0.15, 0.2) is 30.3 Å². The van der Waals surface area contributed by atoms with E-state index in [0.717, 1.165) is 0 Å². The quantitative estimate of drug-likeness (QED) is 0.665. The van der Waals surface area contributed by atoms with Crippen molar-refractivity contribution in [3.63, 3.8) is 0 Å². The van der Waals surface area contributed by atoms with E-state index in [-0.39, 0.29) is 12.4 Å². The SMILES string of the molecule is CCN(CC)CC.[Cl-].[Mg+][CH2]c1ccccc1. The van der Waals surface area contributed by atoms with Gasteiger partial charge < -0.3 is 17.3 Å². The predicted molar refractivity (Wildman–Crippen MR) is 69.4 cm³/mol. The minimum absolute atomic E-state index is 0. The Kier molecular flexibility index (Phi) is 15.5. The summed E-state index contributed by atoms with van der Waals surface area (Å²) in [6.07, 6.45) is 0. The van der Waals surface area contributed by atoms with Gasteiger partial charge in [-0.15, -0.1) is 0 Å². The van der Waals surface area contributed by atoms with Crippen LogP contribution in [0.5, 0.6) is 0 Å². The fourth-order valence-electron chi connectivity index (χ4n) is 1.32. The van der Waals surface area contributed by atoms with Crippen LogP contribution < -0.4 is 12.4 Å². The molecule has 88 valence electrons. The van der Waals surface area contributed by atoms with Gasteiger partial charge in [-0.05, 0) is 19.6 Å². The molecule has 0 atom stereocenters. The molecule has 0 heterocycles. The molecule has 0 unspecified atom stereocenters. The van der Waals surface area contributed by atoms with Crippen molar-refractivity contribution in [2.24, 2.45) is 0 Å². The van der Waals surface area contributed by atoms with Gasteiger partial charge in [0.1, 0.15) is 0 Å². The van der Waals surface area contributed by atoms with Crippen molar-refractivity contribution >= 4 is 21.7 Å². The van der Waals surface area contributed by atoms with Crippen LogP contribution in [0.3, 0.4) is 0 Å². The molecule has 0 N–H and O–H groups in total. The van der Waals surface area contributed by atoms with Crippen molar-refractivity contribution in [3.8, 4) is 0 Å². The molecule has 0 aliphatic rings. The third kappa shape index (κ3) is 9.46. The Morgan fingerprint density at radius 2 is 1.38 bits per heavy atom. The molecule has 3 heteroatoms. The van der Waals surface area contributed by atoms with Crippen molar-refractivity contribution in [2.45, 2.75) is 25.3 Å². The summed E-state index contributed by atoms with van der Waals surface area (Å²) in [5.41, 5.74) is 1.42. The number of benzene rings is 1. The third-order valence-electron chi connectivity index (χ3n) is 2.47. The number of halogens is 1. The summed E-state index contributed by atoms with van der Waals surface area (Å²) in [7, 11) is 0. The summed E-state index contributed by atoms with van der Waals surface area (Å²) in [5.74, 6) is 0. The maximum absolute atomic E-state index is 2.38. The summed E-state index contributed by atoms with van der Waals surface area (Å²) in [6.45, 7) is 10.1. The Bertz CT molecular complexity index is 219. The van der Waals surface area contributed by atoms with Crippen LogP contribution >= 0.6 is 0 Å². The van der Waals surface area contributed by atoms with E-state index in [1.165, 1.54) is 29.7 Å². The summed E-state index contributed by atoms with van der Waals surface area (Å²) < 4.78 is 1.17. The van der Waals surface area contributed by atoms with Gasteiger partial charge in [0.2, 0.25) is 0 Å². The van der Waals surface area contributed by atoms with E-state index in [1.54, 1.807) is 0 Å². The van der Waals surface area contributed by atoms with E-state index in [1.807, 2.05) is 27.8 Å². The molecule has 0 saturated carbocycles. The molecule has 0 saturated heterocycles. The topological polar surface area (TPSA) is 3.24 Å². The van der Waals surface area contributed by atoms with E-state index >= 15 is 0 Å². The molecular weight excluding hydrogens is 230 g/mol. The van der Waals surface area contributed by atoms with Crippen LogP contribution in [0.25, 0.3) is 0 Å². The second-order valence-corrected chi connectivity index (χ2v) is 3.86. The average Bonchev–Trinajstić information content (AvgIpc) is 2.33. The summed E-state index contributed by atoms with van der Waals surface area (Å²) in [4.78, 5) is 2.38. The van der Waals surface area contributed by atoms with Crippen molar-refractivity contribution in [2.75, 3.05) is 19.6 Å². The van der Waals surface area contributed by atoms with Gasteiger partial charge in [-0.25, -0.2) is 0 Å². The van der Waals surface area contributed by atoms with Gasteiger partial charge in [-0.1, -0.05) is 20.8 Å². The molecule has 1 aromatic carbocycles. The first-order valence-electron chi connectivity index (χ1n) is 5.83. The van der Waals surface area contributed by atoms with Gasteiger partial charge in [0.15, 0.2) is 0 Å². The molecule has 0 radical (unpaired) electrons. The van der Waals surface area contributed by atoms with Crippen LogP contribution in [-0.2, 0) is 4.55 Å². The molecular formula is C13H22ClMgN. The molecule has 1 nitrogen and oxygen atoms in total. The van der Waals surface area contributed by atoms with Crippen molar-refractivity contribution < 1.29 is 12.4 Å². The summed E-state index contributed by atoms with van der Waals surface area (Å²) >= 11 is 1.98. The first-order valence-corrected chi connectivity index (χ1v) is 6.83. The molecule has 1 rings (SSSR count). The van der Waals surface area contributed by atoms with Crippen molar-refractivity contribution in [3.05, 3.63) is 35.9 Å². The second kappa shape index (κ2) is 13.3. The standard InChI is InChI=1S/C7H7.C6H15N.ClH.Mg/c1-7-5-3-2-4-6-7;1-4-7(5-2)6-3;;/h2-6H,1H2;4-6H2,1-3H3;1H;/q;;;+1/p-1. The first kappa shape index (κ1) is 18.6. The van der Waals surface area contributed by atoms with E-state index in [4.69, 9.17) is 0 Å². The number of rotatable bonds is 4. The predicted octanol–water partition coefficient (Wildman–Crippen LogP) is -0.293. The molecule has 1 aromatic rings. The van der Waals surface area contributed by atoms with Crippen LogP contribution in [0.1, 0.15) is 26.3 Å². The van der Waals surface area contributed by atoms with Crippen LogP contribution in [-0.4, -0.2) is 46.2 Å². The van der Waals surface area contributed by atoms with Gasteiger partial charge in [0, 0.05) is 0 Å². The molecule has 16 heavy (non-hydrogen) atoms. The maximum atomic E-state index is 2.38. The van der Waals surface area contributed by atoms with Crippen LogP contribution in [0.4, 0.5) is 0 Å². The van der Waals surface area contributed by atoms with Gasteiger partial charge in [-0.2, -0.15) is 0 Å². The van der Waals surface area contributed by atoms with E-state index in [0.29, 0.717) is 0 Å². The molecule has 0 aromatic heterocycles. The minimum atomic E-state index is 0. The summed E-state index contributed by atoms with van der Waals surface area (Å²) in [5, 5.41) is 0. The fourth-order valence-corrected chi connectivity index (χ4v) is 1.65. The Morgan fingerprint density at radius 1 is 0.938 bits per heavy atom. The third-order valence-corrected chi connectivity index (χ3v) is 3.05. The number of hydrogen-bond donors (Lipinski definition) is 0. The zero-order valence-corrected chi connectivity index (χ0v) is 12.9. The fraction of sp³-hybridized carbons (Fsp3) is 0.538. The van der Waals surface area contributed by atoms with E-state index in [2.05, 4.69) is 49.9 Å². The second-order valence-electron chi connectivity index (χ2n) is 3.36. The summed E-state index contributed by atoms with van der Waals surface area (Å²) in [6, 6.07) is 10.5. The van der Waals surface area contributed by atoms with Crippen molar-refractivity contribution in [1.29, 1.82) is 0 Å². The first-order chi connectivity index (χ1) is 7.28. The Labute approximate surface area is 119 Å². The number of hydrogen-bond acceptors (Lipinski definition) is 1. The van der Waals surface area contributed by atoms with Crippen LogP contribution in [0.2, 0.25) is 0 Å². The van der Waals surface area contributed by atoms with Crippen molar-refractivity contribution in [1.82, 2.24) is 4.90 Å². The average molecular weight is 252 g/mol. The van der Waals surface area contributed by atoms with E-state index in [9.17, 15) is 0 Å².